The zero-order chi connectivity index (χ0) is 10.4. The maximum atomic E-state index is 11.4. The fourth-order valence-electron chi connectivity index (χ4n) is 1.16. The monoisotopic (exact) mass is 218 g/mol. The van der Waals surface area contributed by atoms with Crippen molar-refractivity contribution in [1.29, 1.82) is 0 Å². The van der Waals surface area contributed by atoms with Crippen molar-refractivity contribution in [2.24, 2.45) is 0 Å². The summed E-state index contributed by atoms with van der Waals surface area (Å²) in [7, 11) is 0. The van der Waals surface area contributed by atoms with Gasteiger partial charge in [-0.25, -0.2) is 0 Å². The third-order valence-corrected chi connectivity index (χ3v) is 2.33. The van der Waals surface area contributed by atoms with E-state index in [9.17, 15) is 4.79 Å². The predicted octanol–water partition coefficient (Wildman–Crippen LogP) is -1.25. The van der Waals surface area contributed by atoms with Crippen LogP contribution in [0.4, 0.5) is 0 Å². The maximum absolute atomic E-state index is 11.4. The molecule has 0 bridgehead atoms. The first-order valence-electron chi connectivity index (χ1n) is 4.51. The van der Waals surface area contributed by atoms with Gasteiger partial charge in [-0.1, -0.05) is 12.2 Å². The number of rotatable bonds is 2. The van der Waals surface area contributed by atoms with Crippen LogP contribution in [0.25, 0.3) is 0 Å². The fraction of sp³-hybridized carbons (Fsp3) is 0.750. The number of ether oxygens (including phenoxy) is 1. The van der Waals surface area contributed by atoms with E-state index in [1.807, 2.05) is 4.90 Å². The number of aliphatic hydroxyl groups excluding tert-OH is 1. The summed E-state index contributed by atoms with van der Waals surface area (Å²) in [6, 6.07) is 0. The topological polar surface area (TPSA) is 61.8 Å². The van der Waals surface area contributed by atoms with Gasteiger partial charge in [-0.2, -0.15) is 0 Å². The molecule has 0 spiro atoms. The summed E-state index contributed by atoms with van der Waals surface area (Å²) in [5.74, 6) is -0.295. The number of amides is 1. The zero-order valence-electron chi connectivity index (χ0n) is 7.86. The van der Waals surface area contributed by atoms with Crippen molar-refractivity contribution in [3.05, 3.63) is 0 Å². The largest absolute Gasteiger partial charge is 0.395 e. The molecule has 1 rings (SSSR count). The molecule has 0 aromatic heterocycles. The van der Waals surface area contributed by atoms with Crippen molar-refractivity contribution in [2.75, 3.05) is 39.5 Å². The SMILES string of the molecule is O=C(NCCO)C(=S)N1CCOCC1. The first-order chi connectivity index (χ1) is 6.75. The molecule has 0 unspecified atom stereocenters. The van der Waals surface area contributed by atoms with E-state index in [0.29, 0.717) is 26.3 Å². The highest BCUT2D eigenvalue weighted by molar-refractivity contribution is 7.82. The van der Waals surface area contributed by atoms with Gasteiger partial charge in [-0.05, 0) is 0 Å². The van der Waals surface area contributed by atoms with Crippen molar-refractivity contribution in [2.45, 2.75) is 0 Å². The third kappa shape index (κ3) is 3.21. The Kier molecular flexibility index (Phi) is 4.78. The standard InChI is InChI=1S/C8H14N2O3S/c11-4-1-9-7(12)8(14)10-2-5-13-6-3-10/h11H,1-6H2,(H,9,12). The average molecular weight is 218 g/mol. The summed E-state index contributed by atoms with van der Waals surface area (Å²) in [5.41, 5.74) is 0. The summed E-state index contributed by atoms with van der Waals surface area (Å²) >= 11 is 4.99. The minimum absolute atomic E-state index is 0.0720. The first kappa shape index (κ1) is 11.4. The number of nitrogens with zero attached hydrogens (tertiary/aromatic N) is 1. The lowest BCUT2D eigenvalue weighted by Gasteiger charge is -2.28. The molecule has 0 aliphatic carbocycles. The van der Waals surface area contributed by atoms with E-state index in [0.717, 1.165) is 0 Å². The van der Waals surface area contributed by atoms with Crippen molar-refractivity contribution in [3.63, 3.8) is 0 Å². The van der Waals surface area contributed by atoms with E-state index >= 15 is 0 Å². The second-order valence-electron chi connectivity index (χ2n) is 2.88. The van der Waals surface area contributed by atoms with Crippen LogP contribution < -0.4 is 5.32 Å². The molecule has 0 aromatic rings. The van der Waals surface area contributed by atoms with Gasteiger partial charge in [-0.15, -0.1) is 0 Å². The predicted molar refractivity (Wildman–Crippen MR) is 55.1 cm³/mol. The highest BCUT2D eigenvalue weighted by Crippen LogP contribution is 1.98. The lowest BCUT2D eigenvalue weighted by Crippen LogP contribution is -2.47. The molecule has 80 valence electrons. The molecule has 1 amide bonds. The highest BCUT2D eigenvalue weighted by atomic mass is 32.1. The number of hydrogen-bond acceptors (Lipinski definition) is 4. The highest BCUT2D eigenvalue weighted by Gasteiger charge is 2.18. The van der Waals surface area contributed by atoms with Crippen LogP contribution in [0.15, 0.2) is 0 Å². The Morgan fingerprint density at radius 3 is 2.71 bits per heavy atom. The molecule has 1 heterocycles. The Morgan fingerprint density at radius 1 is 1.50 bits per heavy atom. The van der Waals surface area contributed by atoms with Crippen LogP contribution in [0.3, 0.4) is 0 Å². The second kappa shape index (κ2) is 5.90. The molecule has 14 heavy (non-hydrogen) atoms. The summed E-state index contributed by atoms with van der Waals surface area (Å²) in [4.78, 5) is 13.4. The number of hydrogen-bond donors (Lipinski definition) is 2. The molecule has 0 saturated carbocycles. The number of morpholine rings is 1. The van der Waals surface area contributed by atoms with Crippen molar-refractivity contribution in [1.82, 2.24) is 10.2 Å². The minimum atomic E-state index is -0.295. The molecular weight excluding hydrogens is 204 g/mol. The van der Waals surface area contributed by atoms with Gasteiger partial charge in [-0.3, -0.25) is 4.79 Å². The fourth-order valence-corrected chi connectivity index (χ4v) is 1.41. The number of carbonyl (C=O) groups excluding carboxylic acids is 1. The van der Waals surface area contributed by atoms with Crippen molar-refractivity contribution in [3.8, 4) is 0 Å². The van der Waals surface area contributed by atoms with E-state index in [2.05, 4.69) is 5.32 Å². The van der Waals surface area contributed by atoms with Gasteiger partial charge >= 0.3 is 0 Å². The first-order valence-corrected chi connectivity index (χ1v) is 4.92. The van der Waals surface area contributed by atoms with E-state index in [4.69, 9.17) is 22.1 Å². The lowest BCUT2D eigenvalue weighted by atomic mass is 10.4. The van der Waals surface area contributed by atoms with Gasteiger partial charge in [0.1, 0.15) is 0 Å². The smallest absolute Gasteiger partial charge is 0.278 e. The van der Waals surface area contributed by atoms with Crippen LogP contribution in [0, 0.1) is 0 Å². The van der Waals surface area contributed by atoms with Crippen LogP contribution in [0.2, 0.25) is 0 Å². The maximum Gasteiger partial charge on any atom is 0.278 e. The lowest BCUT2D eigenvalue weighted by molar-refractivity contribution is -0.115. The summed E-state index contributed by atoms with van der Waals surface area (Å²) < 4.78 is 5.14. The molecule has 1 saturated heterocycles. The van der Waals surface area contributed by atoms with Crippen LogP contribution in [-0.2, 0) is 9.53 Å². The normalized spacial score (nSPS) is 16.5. The number of carbonyl (C=O) groups is 1. The molecule has 6 heteroatoms. The summed E-state index contributed by atoms with van der Waals surface area (Å²) in [5, 5.41) is 11.0. The molecule has 2 N–H and O–H groups in total. The van der Waals surface area contributed by atoms with E-state index in [-0.39, 0.29) is 24.0 Å². The van der Waals surface area contributed by atoms with E-state index < -0.39 is 0 Å². The van der Waals surface area contributed by atoms with Gasteiger partial charge in [0.15, 0.2) is 4.99 Å². The minimum Gasteiger partial charge on any atom is -0.395 e. The van der Waals surface area contributed by atoms with Crippen molar-refractivity contribution < 1.29 is 14.6 Å². The van der Waals surface area contributed by atoms with Gasteiger partial charge in [0.05, 0.1) is 19.8 Å². The molecule has 1 aliphatic heterocycles. The molecular formula is C8H14N2O3S. The Labute approximate surface area is 88.0 Å². The molecule has 0 aromatic carbocycles. The molecule has 5 nitrogen and oxygen atoms in total. The van der Waals surface area contributed by atoms with Crippen LogP contribution >= 0.6 is 12.2 Å². The summed E-state index contributed by atoms with van der Waals surface area (Å²) in [6.07, 6.45) is 0. The number of aliphatic hydroxyl groups is 1. The van der Waals surface area contributed by atoms with Gasteiger partial charge in [0.2, 0.25) is 0 Å². The van der Waals surface area contributed by atoms with Crippen LogP contribution in [0.1, 0.15) is 0 Å². The van der Waals surface area contributed by atoms with Gasteiger partial charge in [0, 0.05) is 19.6 Å². The number of nitrogens with one attached hydrogen (secondary N) is 1. The molecule has 1 aliphatic rings. The second-order valence-corrected chi connectivity index (χ2v) is 3.27. The Hall–Kier alpha value is -0.720. The van der Waals surface area contributed by atoms with Gasteiger partial charge < -0.3 is 20.1 Å². The summed E-state index contributed by atoms with van der Waals surface area (Å²) in [6.45, 7) is 2.69. The number of thiocarbonyl (C=S) groups is 1. The average Bonchev–Trinajstić information content (AvgIpc) is 2.26. The van der Waals surface area contributed by atoms with E-state index in [1.54, 1.807) is 0 Å². The quantitative estimate of drug-likeness (QED) is 0.567. The van der Waals surface area contributed by atoms with Crippen LogP contribution in [-0.4, -0.2) is 60.4 Å². The Morgan fingerprint density at radius 2 is 2.14 bits per heavy atom. The zero-order valence-corrected chi connectivity index (χ0v) is 8.68. The van der Waals surface area contributed by atoms with Crippen molar-refractivity contribution >= 4 is 23.1 Å². The third-order valence-electron chi connectivity index (χ3n) is 1.89. The Balaban J connectivity index is 2.34. The van der Waals surface area contributed by atoms with E-state index in [1.165, 1.54) is 0 Å². The molecule has 0 radical (unpaired) electrons. The molecule has 0 atom stereocenters. The van der Waals surface area contributed by atoms with Gasteiger partial charge in [0.25, 0.3) is 5.91 Å². The molecule has 1 fully saturated rings. The Bertz CT molecular complexity index is 217. The van der Waals surface area contributed by atoms with Crippen LogP contribution in [0.5, 0.6) is 0 Å².